The summed E-state index contributed by atoms with van der Waals surface area (Å²) in [4.78, 5) is 36.8. The van der Waals surface area contributed by atoms with Gasteiger partial charge in [0, 0.05) is 10.6 Å². The molecule has 2 unspecified atom stereocenters. The predicted molar refractivity (Wildman–Crippen MR) is 114 cm³/mol. The zero-order valence-corrected chi connectivity index (χ0v) is 16.8. The molecule has 2 aromatic carbocycles. The molecule has 3 rings (SSSR count). The summed E-state index contributed by atoms with van der Waals surface area (Å²) < 4.78 is 13.6. The first-order valence-corrected chi connectivity index (χ1v) is 10.4. The van der Waals surface area contributed by atoms with Crippen LogP contribution in [0.25, 0.3) is 0 Å². The van der Waals surface area contributed by atoms with Crippen molar-refractivity contribution in [3.8, 4) is 0 Å². The highest BCUT2D eigenvalue weighted by Crippen LogP contribution is 2.28. The summed E-state index contributed by atoms with van der Waals surface area (Å²) in [6, 6.07) is 12.9. The first-order valence-electron chi connectivity index (χ1n) is 9.40. The number of benzene rings is 2. The number of para-hydroxylation sites is 1. The number of rotatable bonds is 7. The van der Waals surface area contributed by atoms with Crippen molar-refractivity contribution in [3.05, 3.63) is 66.5 Å². The second-order valence-electron chi connectivity index (χ2n) is 6.83. The van der Waals surface area contributed by atoms with E-state index in [1.807, 2.05) is 6.08 Å². The van der Waals surface area contributed by atoms with E-state index in [1.54, 1.807) is 42.5 Å². The number of allylic oxidation sites excluding steroid dienone is 2. The van der Waals surface area contributed by atoms with E-state index in [0.29, 0.717) is 18.5 Å². The number of carbonyl (C=O) groups excluding carboxylic acids is 2. The summed E-state index contributed by atoms with van der Waals surface area (Å²) in [5.74, 6) is -3.48. The van der Waals surface area contributed by atoms with Gasteiger partial charge < -0.3 is 15.7 Å². The molecule has 3 N–H and O–H groups in total. The molecule has 0 aliphatic heterocycles. The van der Waals surface area contributed by atoms with Gasteiger partial charge in [-0.25, -0.2) is 4.39 Å². The molecule has 0 spiro atoms. The molecule has 2 amide bonds. The minimum Gasteiger partial charge on any atom is -0.481 e. The van der Waals surface area contributed by atoms with Crippen molar-refractivity contribution in [3.63, 3.8) is 0 Å². The summed E-state index contributed by atoms with van der Waals surface area (Å²) >= 11 is 1.24. The van der Waals surface area contributed by atoms with Gasteiger partial charge in [-0.1, -0.05) is 30.4 Å². The summed E-state index contributed by atoms with van der Waals surface area (Å²) in [5, 5.41) is 14.6. The maximum Gasteiger partial charge on any atom is 0.307 e. The number of amides is 2. The lowest BCUT2D eigenvalue weighted by Crippen LogP contribution is -2.34. The molecule has 8 heteroatoms. The SMILES string of the molecule is O=C(CSc1cccc(NC(=O)C2CC=CCC2C(=O)O)c1)Nc1ccccc1F. The lowest BCUT2D eigenvalue weighted by Gasteiger charge is -2.24. The number of halogens is 1. The fourth-order valence-corrected chi connectivity index (χ4v) is 3.93. The summed E-state index contributed by atoms with van der Waals surface area (Å²) in [5.41, 5.74) is 0.650. The molecule has 0 aromatic heterocycles. The average molecular weight is 428 g/mol. The molecule has 0 fully saturated rings. The fourth-order valence-electron chi connectivity index (χ4n) is 3.17. The van der Waals surface area contributed by atoms with E-state index in [1.165, 1.54) is 23.9 Å². The van der Waals surface area contributed by atoms with Crippen LogP contribution in [-0.4, -0.2) is 28.6 Å². The Balaban J connectivity index is 1.57. The first kappa shape index (κ1) is 21.6. The largest absolute Gasteiger partial charge is 0.481 e. The van der Waals surface area contributed by atoms with Crippen LogP contribution in [0.15, 0.2) is 65.6 Å². The number of anilines is 2. The third-order valence-electron chi connectivity index (χ3n) is 4.71. The van der Waals surface area contributed by atoms with Gasteiger partial charge in [0.1, 0.15) is 5.82 Å². The Labute approximate surface area is 177 Å². The number of nitrogens with one attached hydrogen (secondary N) is 2. The lowest BCUT2D eigenvalue weighted by molar-refractivity contribution is -0.146. The quantitative estimate of drug-likeness (QED) is 0.455. The van der Waals surface area contributed by atoms with E-state index in [-0.39, 0.29) is 23.3 Å². The van der Waals surface area contributed by atoms with E-state index >= 15 is 0 Å². The summed E-state index contributed by atoms with van der Waals surface area (Å²) in [6.07, 6.45) is 4.32. The molecule has 0 bridgehead atoms. The molecule has 156 valence electrons. The Bertz CT molecular complexity index is 979. The van der Waals surface area contributed by atoms with E-state index in [9.17, 15) is 23.9 Å². The molecule has 0 radical (unpaired) electrons. The third kappa shape index (κ3) is 5.70. The lowest BCUT2D eigenvalue weighted by atomic mass is 9.82. The Kier molecular flexibility index (Phi) is 7.24. The number of carbonyl (C=O) groups is 3. The second-order valence-corrected chi connectivity index (χ2v) is 7.88. The van der Waals surface area contributed by atoms with Crippen LogP contribution in [0.2, 0.25) is 0 Å². The third-order valence-corrected chi connectivity index (χ3v) is 5.70. The van der Waals surface area contributed by atoms with Crippen molar-refractivity contribution in [2.45, 2.75) is 17.7 Å². The van der Waals surface area contributed by atoms with Gasteiger partial charge in [0.25, 0.3) is 0 Å². The molecule has 6 nitrogen and oxygen atoms in total. The van der Waals surface area contributed by atoms with Crippen LogP contribution in [0.3, 0.4) is 0 Å². The van der Waals surface area contributed by atoms with Crippen molar-refractivity contribution in [2.75, 3.05) is 16.4 Å². The molecule has 0 heterocycles. The van der Waals surface area contributed by atoms with E-state index in [4.69, 9.17) is 0 Å². The zero-order valence-electron chi connectivity index (χ0n) is 16.0. The van der Waals surface area contributed by atoms with Gasteiger partial charge in [-0.2, -0.15) is 0 Å². The van der Waals surface area contributed by atoms with Gasteiger partial charge in [-0.05, 0) is 43.2 Å². The minimum atomic E-state index is -0.982. The van der Waals surface area contributed by atoms with Gasteiger partial charge in [-0.3, -0.25) is 14.4 Å². The number of thioether (sulfide) groups is 1. The maximum atomic E-state index is 13.6. The molecular formula is C22H21FN2O4S. The van der Waals surface area contributed by atoms with Gasteiger partial charge in [0.15, 0.2) is 0 Å². The van der Waals surface area contributed by atoms with Gasteiger partial charge in [0.2, 0.25) is 11.8 Å². The van der Waals surface area contributed by atoms with Crippen molar-refractivity contribution in [1.29, 1.82) is 0 Å². The Morgan fingerprint density at radius 2 is 1.73 bits per heavy atom. The highest BCUT2D eigenvalue weighted by Gasteiger charge is 2.33. The normalized spacial score (nSPS) is 17.9. The van der Waals surface area contributed by atoms with Crippen LogP contribution in [0.1, 0.15) is 12.8 Å². The Morgan fingerprint density at radius 3 is 2.47 bits per heavy atom. The molecule has 0 saturated heterocycles. The Hall–Kier alpha value is -3.13. The summed E-state index contributed by atoms with van der Waals surface area (Å²) in [7, 11) is 0. The van der Waals surface area contributed by atoms with Crippen LogP contribution in [0.4, 0.5) is 15.8 Å². The monoisotopic (exact) mass is 428 g/mol. The van der Waals surface area contributed by atoms with E-state index in [0.717, 1.165) is 4.90 Å². The fraction of sp³-hybridized carbons (Fsp3) is 0.227. The van der Waals surface area contributed by atoms with Crippen LogP contribution >= 0.6 is 11.8 Å². The number of hydrogen-bond acceptors (Lipinski definition) is 4. The zero-order chi connectivity index (χ0) is 21.5. The van der Waals surface area contributed by atoms with Crippen molar-refractivity contribution < 1.29 is 23.9 Å². The van der Waals surface area contributed by atoms with Crippen LogP contribution in [0, 0.1) is 17.7 Å². The molecule has 30 heavy (non-hydrogen) atoms. The predicted octanol–water partition coefficient (Wildman–Crippen LogP) is 4.16. The van der Waals surface area contributed by atoms with Crippen LogP contribution < -0.4 is 10.6 Å². The van der Waals surface area contributed by atoms with Gasteiger partial charge >= 0.3 is 5.97 Å². The van der Waals surface area contributed by atoms with E-state index < -0.39 is 23.6 Å². The molecular weight excluding hydrogens is 407 g/mol. The molecule has 2 atom stereocenters. The van der Waals surface area contributed by atoms with Crippen molar-refractivity contribution in [2.24, 2.45) is 11.8 Å². The maximum absolute atomic E-state index is 13.6. The minimum absolute atomic E-state index is 0.0697. The average Bonchev–Trinajstić information content (AvgIpc) is 2.74. The molecule has 1 aliphatic rings. The van der Waals surface area contributed by atoms with Gasteiger partial charge in [-0.15, -0.1) is 11.8 Å². The number of carboxylic acids is 1. The van der Waals surface area contributed by atoms with Crippen LogP contribution in [0.5, 0.6) is 0 Å². The first-order chi connectivity index (χ1) is 14.4. The van der Waals surface area contributed by atoms with Gasteiger partial charge in [0.05, 0.1) is 23.3 Å². The van der Waals surface area contributed by atoms with Crippen molar-refractivity contribution >= 4 is 40.9 Å². The van der Waals surface area contributed by atoms with Crippen molar-refractivity contribution in [1.82, 2.24) is 0 Å². The second kappa shape index (κ2) is 10.1. The number of carboxylic acid groups (broad SMARTS) is 1. The molecule has 1 aliphatic carbocycles. The molecule has 2 aromatic rings. The summed E-state index contributed by atoms with van der Waals surface area (Å²) in [6.45, 7) is 0. The standard InChI is InChI=1S/C22H21FN2O4S/c23-18-10-3-4-11-19(18)25-20(26)13-30-15-7-5-6-14(12-15)24-21(27)16-8-1-2-9-17(16)22(28)29/h1-7,10-12,16-17H,8-9,13H2,(H,24,27)(H,25,26)(H,28,29). The Morgan fingerprint density at radius 1 is 1.00 bits per heavy atom. The number of aliphatic carboxylic acids is 1. The number of hydrogen-bond donors (Lipinski definition) is 3. The van der Waals surface area contributed by atoms with E-state index in [2.05, 4.69) is 10.6 Å². The molecule has 0 saturated carbocycles. The topological polar surface area (TPSA) is 95.5 Å². The smallest absolute Gasteiger partial charge is 0.307 e. The highest BCUT2D eigenvalue weighted by atomic mass is 32.2. The highest BCUT2D eigenvalue weighted by molar-refractivity contribution is 8.00. The van der Waals surface area contributed by atoms with Crippen LogP contribution in [-0.2, 0) is 14.4 Å².